The molecular weight excluding hydrogens is 382 g/mol. The van der Waals surface area contributed by atoms with Gasteiger partial charge in [0.2, 0.25) is 5.43 Å². The highest BCUT2D eigenvalue weighted by Gasteiger charge is 2.44. The van der Waals surface area contributed by atoms with Gasteiger partial charge in [-0.1, -0.05) is 0 Å². The normalized spacial score (nSPS) is 26.8. The van der Waals surface area contributed by atoms with E-state index in [2.05, 4.69) is 0 Å². The predicted molar refractivity (Wildman–Crippen MR) is 104 cm³/mol. The first-order valence-electron chi connectivity index (χ1n) is 9.73. The number of carboxylic acid groups (broad SMARTS) is 1. The largest absolute Gasteiger partial charge is 0.494 e. The number of carbonyl (C=O) groups is 1. The molecule has 29 heavy (non-hydrogen) atoms. The average Bonchev–Trinajstić information content (AvgIpc) is 3.44. The zero-order chi connectivity index (χ0) is 21.1. The Balaban J connectivity index is 2.00. The monoisotopic (exact) mass is 406 g/mol. The second-order valence-corrected chi connectivity index (χ2v) is 8.51. The van der Waals surface area contributed by atoms with Gasteiger partial charge in [0.05, 0.1) is 24.7 Å². The molecule has 2 aliphatic carbocycles. The standard InChI is InChI=1S/C21H24F2N2O4/c1-21(24)7-10(5-11(21)8-22)16-15(23)6-13-17(19(16)29-2)25(12-3-4-12)9-14(18(13)26)20(27)28/h6,9-12H,3-5,7-8,24H2,1-2H3,(H,27,28)/t10?,11-,21-/m1/s1. The molecule has 2 fully saturated rings. The first-order chi connectivity index (χ1) is 13.7. The highest BCUT2D eigenvalue weighted by molar-refractivity contribution is 5.95. The van der Waals surface area contributed by atoms with Crippen molar-refractivity contribution in [2.45, 2.75) is 50.1 Å². The molecule has 0 spiro atoms. The Morgan fingerprint density at radius 2 is 2.14 bits per heavy atom. The molecule has 1 aromatic heterocycles. The smallest absolute Gasteiger partial charge is 0.341 e. The number of rotatable bonds is 5. The van der Waals surface area contributed by atoms with Crippen LogP contribution in [0.5, 0.6) is 5.75 Å². The third kappa shape index (κ3) is 3.10. The van der Waals surface area contributed by atoms with E-state index < -0.39 is 40.9 Å². The third-order valence-corrected chi connectivity index (χ3v) is 6.42. The molecule has 2 aliphatic rings. The van der Waals surface area contributed by atoms with Gasteiger partial charge in [0.15, 0.2) is 0 Å². The minimum atomic E-state index is -1.35. The Morgan fingerprint density at radius 1 is 1.45 bits per heavy atom. The maximum atomic E-state index is 15.3. The number of aromatic carboxylic acids is 1. The fourth-order valence-electron chi connectivity index (χ4n) is 4.70. The zero-order valence-corrected chi connectivity index (χ0v) is 16.4. The Kier molecular flexibility index (Phi) is 4.64. The van der Waals surface area contributed by atoms with E-state index in [1.165, 1.54) is 13.3 Å². The number of hydrogen-bond acceptors (Lipinski definition) is 4. The van der Waals surface area contributed by atoms with Gasteiger partial charge in [-0.15, -0.1) is 0 Å². The summed E-state index contributed by atoms with van der Waals surface area (Å²) >= 11 is 0. The summed E-state index contributed by atoms with van der Waals surface area (Å²) in [6, 6.07) is 1.13. The second kappa shape index (κ2) is 6.79. The van der Waals surface area contributed by atoms with E-state index in [9.17, 15) is 19.1 Å². The second-order valence-electron chi connectivity index (χ2n) is 8.51. The van der Waals surface area contributed by atoms with Crippen molar-refractivity contribution in [1.29, 1.82) is 0 Å². The van der Waals surface area contributed by atoms with Gasteiger partial charge in [-0.2, -0.15) is 0 Å². The molecule has 3 atom stereocenters. The van der Waals surface area contributed by atoms with Crippen molar-refractivity contribution in [2.24, 2.45) is 11.7 Å². The number of methoxy groups -OCH3 is 1. The maximum absolute atomic E-state index is 15.3. The lowest BCUT2D eigenvalue weighted by atomic mass is 9.90. The van der Waals surface area contributed by atoms with Crippen LogP contribution < -0.4 is 15.9 Å². The van der Waals surface area contributed by atoms with E-state index in [0.717, 1.165) is 18.9 Å². The molecule has 0 aliphatic heterocycles. The van der Waals surface area contributed by atoms with Crippen LogP contribution in [0, 0.1) is 11.7 Å². The SMILES string of the molecule is COc1c(C2C[C@H](CF)[C@](C)(N)C2)c(F)cc2c(=O)c(C(=O)O)cn(C3CC3)c12. The Bertz CT molecular complexity index is 1060. The zero-order valence-electron chi connectivity index (χ0n) is 16.4. The number of halogens is 2. The summed E-state index contributed by atoms with van der Waals surface area (Å²) in [7, 11) is 1.40. The highest BCUT2D eigenvalue weighted by Crippen LogP contribution is 2.49. The molecule has 6 nitrogen and oxygen atoms in total. The molecule has 0 amide bonds. The van der Waals surface area contributed by atoms with E-state index in [1.807, 2.05) is 0 Å². The van der Waals surface area contributed by atoms with Crippen LogP contribution in [0.4, 0.5) is 8.78 Å². The summed E-state index contributed by atoms with van der Waals surface area (Å²) in [5, 5.41) is 9.38. The molecule has 1 unspecified atom stereocenters. The minimum Gasteiger partial charge on any atom is -0.494 e. The molecule has 0 bridgehead atoms. The van der Waals surface area contributed by atoms with E-state index >= 15 is 4.39 Å². The lowest BCUT2D eigenvalue weighted by molar-refractivity contribution is 0.0694. The molecule has 0 saturated heterocycles. The molecule has 3 N–H and O–H groups in total. The van der Waals surface area contributed by atoms with Gasteiger partial charge in [0, 0.05) is 29.3 Å². The van der Waals surface area contributed by atoms with E-state index in [-0.39, 0.29) is 28.7 Å². The fourth-order valence-corrected chi connectivity index (χ4v) is 4.70. The number of nitrogens with two attached hydrogens (primary N) is 1. The number of pyridine rings is 1. The topological polar surface area (TPSA) is 94.6 Å². The number of nitrogens with zero attached hydrogens (tertiary/aromatic N) is 1. The van der Waals surface area contributed by atoms with Gasteiger partial charge in [0.1, 0.15) is 17.1 Å². The van der Waals surface area contributed by atoms with Crippen molar-refractivity contribution in [3.63, 3.8) is 0 Å². The Hall–Kier alpha value is -2.48. The lowest BCUT2D eigenvalue weighted by Crippen LogP contribution is -2.40. The number of alkyl halides is 1. The van der Waals surface area contributed by atoms with E-state index in [0.29, 0.717) is 18.4 Å². The predicted octanol–water partition coefficient (Wildman–Crippen LogP) is 3.36. The molecule has 8 heteroatoms. The van der Waals surface area contributed by atoms with Crippen LogP contribution in [-0.2, 0) is 0 Å². The summed E-state index contributed by atoms with van der Waals surface area (Å²) in [4.78, 5) is 24.3. The fraction of sp³-hybridized carbons (Fsp3) is 0.524. The van der Waals surface area contributed by atoms with Crippen LogP contribution >= 0.6 is 0 Å². The maximum Gasteiger partial charge on any atom is 0.341 e. The number of ether oxygens (including phenoxy) is 1. The van der Waals surface area contributed by atoms with Crippen LogP contribution in [0.1, 0.15) is 60.5 Å². The van der Waals surface area contributed by atoms with Crippen LogP contribution in [-0.4, -0.2) is 35.0 Å². The third-order valence-electron chi connectivity index (χ3n) is 6.42. The highest BCUT2D eigenvalue weighted by atomic mass is 19.1. The number of hydrogen-bond donors (Lipinski definition) is 2. The quantitative estimate of drug-likeness (QED) is 0.794. The number of fused-ring (bicyclic) bond motifs is 1. The molecule has 2 saturated carbocycles. The summed E-state index contributed by atoms with van der Waals surface area (Å²) < 4.78 is 36.0. The minimum absolute atomic E-state index is 0.0227. The van der Waals surface area contributed by atoms with Crippen LogP contribution in [0.15, 0.2) is 17.1 Å². The van der Waals surface area contributed by atoms with Gasteiger partial charge < -0.3 is 20.1 Å². The summed E-state index contributed by atoms with van der Waals surface area (Å²) in [6.07, 6.45) is 3.76. The molecule has 4 rings (SSSR count). The van der Waals surface area contributed by atoms with Crippen molar-refractivity contribution >= 4 is 16.9 Å². The molecular formula is C21H24F2N2O4. The Labute approximate surface area is 166 Å². The molecule has 1 heterocycles. The van der Waals surface area contributed by atoms with Gasteiger partial charge in [0.25, 0.3) is 0 Å². The first-order valence-corrected chi connectivity index (χ1v) is 9.73. The van der Waals surface area contributed by atoms with Crippen molar-refractivity contribution in [2.75, 3.05) is 13.8 Å². The summed E-state index contributed by atoms with van der Waals surface area (Å²) in [5.41, 5.74) is 5.02. The van der Waals surface area contributed by atoms with E-state index in [1.54, 1.807) is 11.5 Å². The van der Waals surface area contributed by atoms with Crippen molar-refractivity contribution in [1.82, 2.24) is 4.57 Å². The lowest BCUT2D eigenvalue weighted by Gasteiger charge is -2.24. The van der Waals surface area contributed by atoms with Crippen LogP contribution in [0.2, 0.25) is 0 Å². The van der Waals surface area contributed by atoms with Crippen molar-refractivity contribution < 1.29 is 23.4 Å². The van der Waals surface area contributed by atoms with Crippen molar-refractivity contribution in [3.05, 3.63) is 39.4 Å². The molecule has 0 radical (unpaired) electrons. The van der Waals surface area contributed by atoms with Crippen molar-refractivity contribution in [3.8, 4) is 5.75 Å². The van der Waals surface area contributed by atoms with Crippen LogP contribution in [0.3, 0.4) is 0 Å². The summed E-state index contributed by atoms with van der Waals surface area (Å²) in [5.74, 6) is -2.55. The average molecular weight is 406 g/mol. The van der Waals surface area contributed by atoms with E-state index in [4.69, 9.17) is 10.5 Å². The van der Waals surface area contributed by atoms with Gasteiger partial charge in [-0.05, 0) is 44.6 Å². The number of aromatic nitrogens is 1. The van der Waals surface area contributed by atoms with Gasteiger partial charge in [-0.25, -0.2) is 9.18 Å². The first kappa shape index (κ1) is 19.8. The summed E-state index contributed by atoms with van der Waals surface area (Å²) in [6.45, 7) is 1.18. The molecule has 2 aromatic rings. The van der Waals surface area contributed by atoms with Crippen LogP contribution in [0.25, 0.3) is 10.9 Å². The number of benzene rings is 1. The van der Waals surface area contributed by atoms with Gasteiger partial charge >= 0.3 is 5.97 Å². The molecule has 1 aromatic carbocycles. The molecule has 156 valence electrons. The Morgan fingerprint density at radius 3 is 2.66 bits per heavy atom. The number of carboxylic acids is 1. The van der Waals surface area contributed by atoms with Gasteiger partial charge in [-0.3, -0.25) is 9.18 Å².